The maximum absolute atomic E-state index is 5.25. The summed E-state index contributed by atoms with van der Waals surface area (Å²) in [4.78, 5) is 0. The first-order chi connectivity index (χ1) is 10.1. The molecule has 0 aliphatic rings. The maximum Gasteiger partial charge on any atom is 0.118 e. The lowest BCUT2D eigenvalue weighted by Gasteiger charge is -2.22. The minimum atomic E-state index is 0.202. The highest BCUT2D eigenvalue weighted by Crippen LogP contribution is 2.30. The number of aryl methyl sites for hydroxylation is 2. The Kier molecular flexibility index (Phi) is 5.43. The normalized spacial score (nSPS) is 12.2. The molecule has 0 amide bonds. The van der Waals surface area contributed by atoms with Gasteiger partial charge < -0.3 is 10.1 Å². The third-order valence-electron chi connectivity index (χ3n) is 3.72. The molecular weight excluding hydrogens is 326 g/mol. The molecule has 2 aromatic rings. The highest BCUT2D eigenvalue weighted by Gasteiger charge is 2.16. The van der Waals surface area contributed by atoms with Gasteiger partial charge in [0, 0.05) is 4.47 Å². The van der Waals surface area contributed by atoms with Gasteiger partial charge >= 0.3 is 0 Å². The molecule has 2 rings (SSSR count). The van der Waals surface area contributed by atoms with Gasteiger partial charge in [0.1, 0.15) is 5.75 Å². The minimum Gasteiger partial charge on any atom is -0.497 e. The van der Waals surface area contributed by atoms with Crippen LogP contribution in [0.5, 0.6) is 5.75 Å². The predicted octanol–water partition coefficient (Wildman–Crippen LogP) is 4.77. The second-order valence-electron chi connectivity index (χ2n) is 5.22. The molecule has 0 saturated heterocycles. The van der Waals surface area contributed by atoms with E-state index in [1.165, 1.54) is 22.3 Å². The number of nitrogens with one attached hydrogen (secondary N) is 1. The van der Waals surface area contributed by atoms with Gasteiger partial charge in [-0.25, -0.2) is 0 Å². The van der Waals surface area contributed by atoms with E-state index in [9.17, 15) is 0 Å². The van der Waals surface area contributed by atoms with Crippen molar-refractivity contribution >= 4 is 15.9 Å². The molecule has 1 N–H and O–H groups in total. The van der Waals surface area contributed by atoms with Crippen LogP contribution in [0.1, 0.15) is 35.2 Å². The van der Waals surface area contributed by atoms with Gasteiger partial charge in [0.25, 0.3) is 0 Å². The van der Waals surface area contributed by atoms with Gasteiger partial charge in [-0.15, -0.1) is 0 Å². The van der Waals surface area contributed by atoms with Crippen LogP contribution in [0.15, 0.2) is 40.9 Å². The first-order valence-corrected chi connectivity index (χ1v) is 8.00. The Morgan fingerprint density at radius 3 is 2.33 bits per heavy atom. The Hall–Kier alpha value is -1.32. The highest BCUT2D eigenvalue weighted by atomic mass is 79.9. The van der Waals surface area contributed by atoms with Crippen molar-refractivity contribution in [1.82, 2.24) is 5.32 Å². The van der Waals surface area contributed by atoms with E-state index in [-0.39, 0.29) is 6.04 Å². The van der Waals surface area contributed by atoms with Gasteiger partial charge in [-0.1, -0.05) is 41.1 Å². The second kappa shape index (κ2) is 7.10. The fourth-order valence-corrected chi connectivity index (χ4v) is 2.98. The molecule has 1 unspecified atom stereocenters. The summed E-state index contributed by atoms with van der Waals surface area (Å²) in [5.41, 5.74) is 5.12. The largest absolute Gasteiger partial charge is 0.497 e. The molecule has 0 spiro atoms. The molecule has 3 heteroatoms. The predicted molar refractivity (Wildman–Crippen MR) is 92.1 cm³/mol. The fourth-order valence-electron chi connectivity index (χ4n) is 2.52. The van der Waals surface area contributed by atoms with E-state index in [0.29, 0.717) is 0 Å². The van der Waals surface area contributed by atoms with Gasteiger partial charge in [0.05, 0.1) is 13.2 Å². The summed E-state index contributed by atoms with van der Waals surface area (Å²) in [5.74, 6) is 0.887. The monoisotopic (exact) mass is 347 g/mol. The number of rotatable bonds is 5. The number of benzene rings is 2. The molecule has 1 atom stereocenters. The molecule has 21 heavy (non-hydrogen) atoms. The summed E-state index contributed by atoms with van der Waals surface area (Å²) in [6, 6.07) is 12.9. The van der Waals surface area contributed by atoms with Crippen LogP contribution >= 0.6 is 15.9 Å². The van der Waals surface area contributed by atoms with Crippen molar-refractivity contribution in [2.75, 3.05) is 13.7 Å². The topological polar surface area (TPSA) is 21.3 Å². The van der Waals surface area contributed by atoms with E-state index in [4.69, 9.17) is 4.74 Å². The van der Waals surface area contributed by atoms with E-state index < -0.39 is 0 Å². The Labute approximate surface area is 135 Å². The third kappa shape index (κ3) is 3.66. The lowest BCUT2D eigenvalue weighted by molar-refractivity contribution is 0.414. The maximum atomic E-state index is 5.25. The molecular formula is C18H22BrNO. The van der Waals surface area contributed by atoms with Crippen LogP contribution in [0.2, 0.25) is 0 Å². The van der Waals surface area contributed by atoms with Gasteiger partial charge in [-0.3, -0.25) is 0 Å². The first-order valence-electron chi connectivity index (χ1n) is 7.20. The van der Waals surface area contributed by atoms with Crippen molar-refractivity contribution < 1.29 is 4.74 Å². The molecule has 0 fully saturated rings. The van der Waals surface area contributed by atoms with Crippen molar-refractivity contribution in [3.05, 3.63) is 63.1 Å². The third-order valence-corrected chi connectivity index (χ3v) is 4.57. The Morgan fingerprint density at radius 2 is 1.76 bits per heavy atom. The molecule has 112 valence electrons. The number of methoxy groups -OCH3 is 1. The van der Waals surface area contributed by atoms with Crippen LogP contribution < -0.4 is 10.1 Å². The van der Waals surface area contributed by atoms with E-state index in [2.05, 4.69) is 66.3 Å². The summed E-state index contributed by atoms with van der Waals surface area (Å²) >= 11 is 3.61. The molecule has 0 heterocycles. The number of halogens is 1. The highest BCUT2D eigenvalue weighted by molar-refractivity contribution is 9.10. The van der Waals surface area contributed by atoms with Crippen LogP contribution in [0.3, 0.4) is 0 Å². The summed E-state index contributed by atoms with van der Waals surface area (Å²) in [7, 11) is 1.69. The van der Waals surface area contributed by atoms with E-state index in [0.717, 1.165) is 16.8 Å². The van der Waals surface area contributed by atoms with Crippen LogP contribution in [-0.4, -0.2) is 13.7 Å². The molecule has 0 bridgehead atoms. The van der Waals surface area contributed by atoms with Crippen molar-refractivity contribution in [3.63, 3.8) is 0 Å². The summed E-state index contributed by atoms with van der Waals surface area (Å²) in [6.45, 7) is 7.35. The van der Waals surface area contributed by atoms with Crippen molar-refractivity contribution in [2.24, 2.45) is 0 Å². The number of hydrogen-bond donors (Lipinski definition) is 1. The van der Waals surface area contributed by atoms with E-state index in [1.807, 2.05) is 12.1 Å². The molecule has 0 saturated carbocycles. The smallest absolute Gasteiger partial charge is 0.118 e. The van der Waals surface area contributed by atoms with Crippen LogP contribution in [0.25, 0.3) is 0 Å². The fraction of sp³-hybridized carbons (Fsp3) is 0.333. The lowest BCUT2D eigenvalue weighted by Crippen LogP contribution is -2.23. The van der Waals surface area contributed by atoms with Crippen LogP contribution in [0.4, 0.5) is 0 Å². The second-order valence-corrected chi connectivity index (χ2v) is 6.08. The average Bonchev–Trinajstić information content (AvgIpc) is 2.49. The molecule has 0 aliphatic carbocycles. The zero-order valence-electron chi connectivity index (χ0n) is 13.0. The summed E-state index contributed by atoms with van der Waals surface area (Å²) in [6.07, 6.45) is 0. The Morgan fingerprint density at radius 1 is 1.10 bits per heavy atom. The van der Waals surface area contributed by atoms with Crippen LogP contribution in [-0.2, 0) is 0 Å². The summed E-state index contributed by atoms with van der Waals surface area (Å²) < 4.78 is 6.41. The first kappa shape index (κ1) is 16.1. The number of ether oxygens (including phenoxy) is 1. The van der Waals surface area contributed by atoms with Crippen molar-refractivity contribution in [3.8, 4) is 5.75 Å². The van der Waals surface area contributed by atoms with E-state index >= 15 is 0 Å². The van der Waals surface area contributed by atoms with Crippen LogP contribution in [0, 0.1) is 13.8 Å². The Balaban J connectivity index is 2.44. The van der Waals surface area contributed by atoms with E-state index in [1.54, 1.807) is 7.11 Å². The molecule has 0 radical (unpaired) electrons. The Bertz CT molecular complexity index is 607. The summed E-state index contributed by atoms with van der Waals surface area (Å²) in [5, 5.41) is 3.58. The molecule has 2 aromatic carbocycles. The lowest BCUT2D eigenvalue weighted by atomic mass is 9.93. The van der Waals surface area contributed by atoms with Gasteiger partial charge in [0.15, 0.2) is 0 Å². The zero-order chi connectivity index (χ0) is 15.4. The quantitative estimate of drug-likeness (QED) is 0.840. The van der Waals surface area contributed by atoms with Crippen molar-refractivity contribution in [2.45, 2.75) is 26.8 Å². The minimum absolute atomic E-state index is 0.202. The zero-order valence-corrected chi connectivity index (χ0v) is 14.6. The standard InChI is InChI=1S/C18H22BrNO/c1-5-20-18(14-6-8-15(21-4)9-7-14)16-10-13(3)17(19)11-12(16)2/h6-11,18,20H,5H2,1-4H3. The number of hydrogen-bond acceptors (Lipinski definition) is 2. The molecule has 2 nitrogen and oxygen atoms in total. The molecule has 0 aromatic heterocycles. The molecule has 0 aliphatic heterocycles. The SMILES string of the molecule is CCNC(c1ccc(OC)cc1)c1cc(C)c(Br)cc1C. The average molecular weight is 348 g/mol. The van der Waals surface area contributed by atoms with Gasteiger partial charge in [-0.2, -0.15) is 0 Å². The van der Waals surface area contributed by atoms with Crippen molar-refractivity contribution in [1.29, 1.82) is 0 Å². The van der Waals surface area contributed by atoms with Gasteiger partial charge in [0.2, 0.25) is 0 Å². The van der Waals surface area contributed by atoms with Gasteiger partial charge in [-0.05, 0) is 60.8 Å².